The Labute approximate surface area is 145 Å². The number of nitrogens with zero attached hydrogens (tertiary/aromatic N) is 2. The summed E-state index contributed by atoms with van der Waals surface area (Å²) in [6, 6.07) is 4.71. The number of nitrogens with one attached hydrogen (secondary N) is 1. The predicted octanol–water partition coefficient (Wildman–Crippen LogP) is 5.09. The Balaban J connectivity index is 1.84. The topological polar surface area (TPSA) is 37.8 Å². The fraction of sp³-hybridized carbons (Fsp3) is 0.412. The molecule has 0 unspecified atom stereocenters. The summed E-state index contributed by atoms with van der Waals surface area (Å²) in [5.74, 6) is -0.433. The fourth-order valence-corrected chi connectivity index (χ4v) is 4.13. The van der Waals surface area contributed by atoms with Gasteiger partial charge in [0, 0.05) is 30.0 Å². The molecular formula is C17H18Cl2FN3. The number of aromatic nitrogens is 2. The fourth-order valence-electron chi connectivity index (χ4n) is 3.71. The number of anilines is 1. The van der Waals surface area contributed by atoms with Crippen molar-refractivity contribution in [3.8, 4) is 0 Å². The van der Waals surface area contributed by atoms with Crippen molar-refractivity contribution in [3.05, 3.63) is 52.3 Å². The van der Waals surface area contributed by atoms with Gasteiger partial charge in [0.05, 0.1) is 10.7 Å². The zero-order chi connectivity index (χ0) is 16.7. The Bertz CT molecular complexity index is 726. The van der Waals surface area contributed by atoms with E-state index in [9.17, 15) is 4.39 Å². The average Bonchev–Trinajstić information content (AvgIpc) is 2.46. The highest BCUT2D eigenvalue weighted by Gasteiger charge is 2.52. The van der Waals surface area contributed by atoms with E-state index in [0.717, 1.165) is 18.5 Å². The lowest BCUT2D eigenvalue weighted by molar-refractivity contribution is 0.0632. The van der Waals surface area contributed by atoms with Crippen LogP contribution in [0.3, 0.4) is 0 Å². The van der Waals surface area contributed by atoms with E-state index in [-0.39, 0.29) is 15.9 Å². The third-order valence-electron chi connectivity index (χ3n) is 4.34. The van der Waals surface area contributed by atoms with Crippen LogP contribution in [0, 0.1) is 11.2 Å². The third-order valence-corrected chi connectivity index (χ3v) is 4.92. The van der Waals surface area contributed by atoms with Crippen LogP contribution in [0.15, 0.2) is 30.6 Å². The van der Waals surface area contributed by atoms with Crippen LogP contribution in [0.5, 0.6) is 0 Å². The minimum atomic E-state index is -0.433. The molecule has 1 N–H and O–H groups in total. The van der Waals surface area contributed by atoms with Gasteiger partial charge in [-0.1, -0.05) is 37.0 Å². The molecule has 0 radical (unpaired) electrons. The Hall–Kier alpha value is -1.39. The monoisotopic (exact) mass is 353 g/mol. The van der Waals surface area contributed by atoms with Crippen molar-refractivity contribution in [1.29, 1.82) is 0 Å². The largest absolute Gasteiger partial charge is 0.384 e. The molecule has 6 heteroatoms. The van der Waals surface area contributed by atoms with E-state index in [1.807, 2.05) is 0 Å². The molecule has 1 aromatic carbocycles. The number of hydrogen-bond acceptors (Lipinski definition) is 3. The average molecular weight is 354 g/mol. The minimum Gasteiger partial charge on any atom is -0.384 e. The Morgan fingerprint density at radius 2 is 1.87 bits per heavy atom. The number of halogens is 3. The molecule has 0 aliphatic heterocycles. The number of benzene rings is 1. The quantitative estimate of drug-likeness (QED) is 0.831. The first-order chi connectivity index (χ1) is 10.8. The first-order valence-electron chi connectivity index (χ1n) is 7.47. The van der Waals surface area contributed by atoms with Gasteiger partial charge < -0.3 is 5.32 Å². The molecule has 0 amide bonds. The summed E-state index contributed by atoms with van der Waals surface area (Å²) in [5, 5.41) is 3.85. The van der Waals surface area contributed by atoms with Gasteiger partial charge in [-0.3, -0.25) is 4.98 Å². The van der Waals surface area contributed by atoms with Gasteiger partial charge in [-0.15, -0.1) is 0 Å². The Morgan fingerprint density at radius 3 is 2.48 bits per heavy atom. The summed E-state index contributed by atoms with van der Waals surface area (Å²) >= 11 is 12.0. The Morgan fingerprint density at radius 1 is 1.17 bits per heavy atom. The highest BCUT2D eigenvalue weighted by molar-refractivity contribution is 6.30. The maximum Gasteiger partial charge on any atom is 0.151 e. The summed E-state index contributed by atoms with van der Waals surface area (Å²) in [6.07, 6.45) is 5.14. The zero-order valence-electron chi connectivity index (χ0n) is 13.0. The molecule has 1 heterocycles. The molecule has 0 saturated heterocycles. The summed E-state index contributed by atoms with van der Waals surface area (Å²) in [5.41, 5.74) is 1.54. The van der Waals surface area contributed by atoms with Gasteiger partial charge in [-0.05, 0) is 36.5 Å². The van der Waals surface area contributed by atoms with Crippen LogP contribution < -0.4 is 5.32 Å². The molecule has 3 nitrogen and oxygen atoms in total. The first-order valence-corrected chi connectivity index (χ1v) is 8.23. The Kier molecular flexibility index (Phi) is 4.23. The predicted molar refractivity (Wildman–Crippen MR) is 91.6 cm³/mol. The summed E-state index contributed by atoms with van der Waals surface area (Å²) in [7, 11) is 0. The zero-order valence-corrected chi connectivity index (χ0v) is 14.5. The molecular weight excluding hydrogens is 336 g/mol. The van der Waals surface area contributed by atoms with E-state index in [4.69, 9.17) is 23.2 Å². The van der Waals surface area contributed by atoms with Gasteiger partial charge in [0.15, 0.2) is 5.15 Å². The van der Waals surface area contributed by atoms with E-state index in [1.165, 1.54) is 6.07 Å². The highest BCUT2D eigenvalue weighted by Crippen LogP contribution is 2.55. The molecule has 1 aliphatic rings. The van der Waals surface area contributed by atoms with Crippen molar-refractivity contribution in [1.82, 2.24) is 9.97 Å². The van der Waals surface area contributed by atoms with Crippen LogP contribution in [0.25, 0.3) is 0 Å². The van der Waals surface area contributed by atoms with Crippen molar-refractivity contribution in [3.63, 3.8) is 0 Å². The molecule has 1 aromatic heterocycles. The van der Waals surface area contributed by atoms with Gasteiger partial charge >= 0.3 is 0 Å². The lowest BCUT2D eigenvalue weighted by Crippen LogP contribution is -2.51. The number of rotatable bonds is 4. The second kappa shape index (κ2) is 5.91. The second-order valence-corrected chi connectivity index (χ2v) is 7.74. The third kappa shape index (κ3) is 3.29. The highest BCUT2D eigenvalue weighted by atomic mass is 35.5. The van der Waals surface area contributed by atoms with E-state index >= 15 is 0 Å². The van der Waals surface area contributed by atoms with Crippen molar-refractivity contribution in [2.75, 3.05) is 11.9 Å². The molecule has 1 aliphatic carbocycles. The molecule has 1 fully saturated rings. The van der Waals surface area contributed by atoms with Gasteiger partial charge in [0.1, 0.15) is 5.82 Å². The van der Waals surface area contributed by atoms with Gasteiger partial charge in [-0.25, -0.2) is 9.37 Å². The van der Waals surface area contributed by atoms with E-state index in [2.05, 4.69) is 29.1 Å². The molecule has 122 valence electrons. The van der Waals surface area contributed by atoms with Crippen LogP contribution in [-0.2, 0) is 5.41 Å². The lowest BCUT2D eigenvalue weighted by atomic mass is 9.53. The van der Waals surface area contributed by atoms with Gasteiger partial charge in [0.25, 0.3) is 0 Å². The second-order valence-electron chi connectivity index (χ2n) is 6.98. The van der Waals surface area contributed by atoms with Crippen LogP contribution in [0.2, 0.25) is 10.2 Å². The maximum absolute atomic E-state index is 13.6. The summed E-state index contributed by atoms with van der Waals surface area (Å²) in [6.45, 7) is 5.06. The van der Waals surface area contributed by atoms with E-state index in [1.54, 1.807) is 24.5 Å². The number of hydrogen-bond donors (Lipinski definition) is 1. The van der Waals surface area contributed by atoms with Gasteiger partial charge in [0.2, 0.25) is 0 Å². The van der Waals surface area contributed by atoms with Crippen LogP contribution >= 0.6 is 23.2 Å². The summed E-state index contributed by atoms with van der Waals surface area (Å²) < 4.78 is 13.6. The summed E-state index contributed by atoms with van der Waals surface area (Å²) in [4.78, 5) is 8.61. The standard InChI is InChI=1S/C17H18Cl2FN3/c1-16(2)8-17(9-16,14-15(19)22-6-5-21-14)10-23-11-3-4-12(18)13(20)7-11/h3-7,23H,8-10H2,1-2H3. The molecule has 23 heavy (non-hydrogen) atoms. The molecule has 2 aromatic rings. The van der Waals surface area contributed by atoms with Crippen molar-refractivity contribution in [2.45, 2.75) is 32.1 Å². The molecule has 0 spiro atoms. The first kappa shape index (κ1) is 16.5. The maximum atomic E-state index is 13.6. The normalized spacial score (nSPS) is 18.3. The minimum absolute atomic E-state index is 0.118. The van der Waals surface area contributed by atoms with E-state index < -0.39 is 5.82 Å². The molecule has 1 saturated carbocycles. The van der Waals surface area contributed by atoms with Crippen molar-refractivity contribution >= 4 is 28.9 Å². The van der Waals surface area contributed by atoms with Crippen LogP contribution in [0.1, 0.15) is 32.4 Å². The van der Waals surface area contributed by atoms with Crippen molar-refractivity contribution in [2.24, 2.45) is 5.41 Å². The smallest absolute Gasteiger partial charge is 0.151 e. The van der Waals surface area contributed by atoms with Crippen molar-refractivity contribution < 1.29 is 4.39 Å². The lowest BCUT2D eigenvalue weighted by Gasteiger charge is -2.53. The van der Waals surface area contributed by atoms with Gasteiger partial charge in [-0.2, -0.15) is 0 Å². The molecule has 3 rings (SSSR count). The SMILES string of the molecule is CC1(C)CC(CNc2ccc(Cl)c(F)c2)(c2nccnc2Cl)C1. The molecule has 0 bridgehead atoms. The molecule has 0 atom stereocenters. The van der Waals surface area contributed by atoms with Crippen LogP contribution in [0.4, 0.5) is 10.1 Å². The van der Waals surface area contributed by atoms with Crippen LogP contribution in [-0.4, -0.2) is 16.5 Å². The van der Waals surface area contributed by atoms with E-state index in [0.29, 0.717) is 17.4 Å².